The van der Waals surface area contributed by atoms with Gasteiger partial charge >= 0.3 is 11.7 Å². The molecule has 6 nitrogen and oxygen atoms in total. The Hall–Kier alpha value is -0.800. The predicted octanol–water partition coefficient (Wildman–Crippen LogP) is -0.382. The number of nitrogens with one attached hydrogen (secondary N) is 1. The van der Waals surface area contributed by atoms with Gasteiger partial charge in [0.2, 0.25) is 0 Å². The Bertz CT molecular complexity index is 305. The van der Waals surface area contributed by atoms with E-state index < -0.39 is 40.8 Å². The zero-order valence-corrected chi connectivity index (χ0v) is 8.63. The lowest BCUT2D eigenvalue weighted by Crippen LogP contribution is -2.37. The Kier molecular flexibility index (Phi) is 5.61. The molecule has 0 aromatic heterocycles. The van der Waals surface area contributed by atoms with Crippen LogP contribution in [0.2, 0.25) is 0 Å². The molecule has 90 valence electrons. The number of sulfonamides is 1. The van der Waals surface area contributed by atoms with Crippen LogP contribution in [-0.2, 0) is 19.6 Å². The molecule has 0 bridgehead atoms. The molecule has 9 heteroatoms. The summed E-state index contributed by atoms with van der Waals surface area (Å²) < 4.78 is 50.9. The Morgan fingerprint density at radius 2 is 2.07 bits per heavy atom. The van der Waals surface area contributed by atoms with Gasteiger partial charge in [-0.15, -0.1) is 0 Å². The van der Waals surface area contributed by atoms with E-state index in [4.69, 9.17) is 5.11 Å². The number of ether oxygens (including phenoxy) is 1. The van der Waals surface area contributed by atoms with Gasteiger partial charge in [0.15, 0.2) is 0 Å². The van der Waals surface area contributed by atoms with Crippen LogP contribution in [0.15, 0.2) is 0 Å². The van der Waals surface area contributed by atoms with Gasteiger partial charge in [0.25, 0.3) is 10.0 Å². The Balaban J connectivity index is 4.18. The van der Waals surface area contributed by atoms with Crippen molar-refractivity contribution in [3.05, 3.63) is 0 Å². The highest BCUT2D eigenvalue weighted by Crippen LogP contribution is 2.03. The molecule has 0 aliphatic heterocycles. The number of halogens is 2. The molecule has 0 fully saturated rings. The summed E-state index contributed by atoms with van der Waals surface area (Å²) in [7, 11) is -3.54. The third-order valence-electron chi connectivity index (χ3n) is 1.48. The first-order valence-electron chi connectivity index (χ1n) is 3.80. The lowest BCUT2D eigenvalue weighted by molar-refractivity contribution is -0.139. The highest BCUT2D eigenvalue weighted by molar-refractivity contribution is 7.89. The first-order valence-corrected chi connectivity index (χ1v) is 5.35. The van der Waals surface area contributed by atoms with E-state index in [0.717, 1.165) is 7.11 Å². The molecule has 0 aliphatic carbocycles. The zero-order chi connectivity index (χ0) is 12.1. The van der Waals surface area contributed by atoms with Gasteiger partial charge in [-0.3, -0.25) is 4.79 Å². The Morgan fingerprint density at radius 1 is 1.53 bits per heavy atom. The van der Waals surface area contributed by atoms with Crippen molar-refractivity contribution in [2.45, 2.75) is 18.3 Å². The molecule has 2 N–H and O–H groups in total. The van der Waals surface area contributed by atoms with Crippen molar-refractivity contribution in [3.63, 3.8) is 0 Å². The van der Waals surface area contributed by atoms with E-state index >= 15 is 0 Å². The third-order valence-corrected chi connectivity index (χ3v) is 2.52. The summed E-state index contributed by atoms with van der Waals surface area (Å²) in [6, 6.07) is 0. The van der Waals surface area contributed by atoms with Crippen LogP contribution in [0.1, 0.15) is 6.42 Å². The maximum atomic E-state index is 11.8. The van der Waals surface area contributed by atoms with Crippen molar-refractivity contribution in [1.29, 1.82) is 0 Å². The van der Waals surface area contributed by atoms with Gasteiger partial charge in [0.1, 0.15) is 0 Å². The summed E-state index contributed by atoms with van der Waals surface area (Å²) >= 11 is 0. The number of aliphatic carboxylic acids is 1. The SMILES string of the molecule is COC(CNS(=O)(=O)C(F)F)CC(=O)O. The fraction of sp³-hybridized carbons (Fsp3) is 0.833. The summed E-state index contributed by atoms with van der Waals surface area (Å²) in [5.74, 6) is -4.75. The van der Waals surface area contributed by atoms with E-state index in [-0.39, 0.29) is 0 Å². The zero-order valence-electron chi connectivity index (χ0n) is 7.81. The molecule has 1 unspecified atom stereocenters. The number of rotatable bonds is 7. The second-order valence-corrected chi connectivity index (χ2v) is 4.34. The lowest BCUT2D eigenvalue weighted by atomic mass is 10.2. The molecule has 0 radical (unpaired) electrons. The minimum absolute atomic E-state index is 0.470. The third kappa shape index (κ3) is 5.60. The predicted molar refractivity (Wildman–Crippen MR) is 46.0 cm³/mol. The summed E-state index contributed by atoms with van der Waals surface area (Å²) in [5.41, 5.74) is 0. The minimum atomic E-state index is -4.70. The van der Waals surface area contributed by atoms with Crippen LogP contribution in [0, 0.1) is 0 Å². The van der Waals surface area contributed by atoms with Gasteiger partial charge in [-0.1, -0.05) is 0 Å². The molecular weight excluding hydrogens is 236 g/mol. The fourth-order valence-corrected chi connectivity index (χ4v) is 1.25. The van der Waals surface area contributed by atoms with Gasteiger partial charge < -0.3 is 9.84 Å². The molecular formula is C6H11F2NO5S. The van der Waals surface area contributed by atoms with E-state index in [1.807, 2.05) is 0 Å². The molecule has 0 spiro atoms. The summed E-state index contributed by atoms with van der Waals surface area (Å²) in [6.07, 6.45) is -1.45. The van der Waals surface area contributed by atoms with Crippen molar-refractivity contribution < 1.29 is 31.8 Å². The quantitative estimate of drug-likeness (QED) is 0.639. The lowest BCUT2D eigenvalue weighted by Gasteiger charge is -2.13. The first kappa shape index (κ1) is 14.2. The first-order chi connectivity index (χ1) is 6.79. The maximum Gasteiger partial charge on any atom is 0.350 e. The number of carboxylic acids is 1. The van der Waals surface area contributed by atoms with Crippen molar-refractivity contribution in [2.24, 2.45) is 0 Å². The number of methoxy groups -OCH3 is 1. The number of carboxylic acid groups (broad SMARTS) is 1. The Morgan fingerprint density at radius 3 is 2.40 bits per heavy atom. The van der Waals surface area contributed by atoms with Gasteiger partial charge in [0.05, 0.1) is 12.5 Å². The molecule has 1 atom stereocenters. The van der Waals surface area contributed by atoms with E-state index in [1.165, 1.54) is 0 Å². The smallest absolute Gasteiger partial charge is 0.350 e. The van der Waals surface area contributed by atoms with Gasteiger partial charge in [-0.25, -0.2) is 13.1 Å². The van der Waals surface area contributed by atoms with E-state index in [9.17, 15) is 22.0 Å². The molecule has 0 aromatic rings. The molecule has 0 saturated carbocycles. The minimum Gasteiger partial charge on any atom is -0.481 e. The fourth-order valence-electron chi connectivity index (χ4n) is 0.706. The summed E-state index contributed by atoms with van der Waals surface area (Å²) in [5, 5.41) is 8.35. The second kappa shape index (κ2) is 5.93. The van der Waals surface area contributed by atoms with Crippen LogP contribution >= 0.6 is 0 Å². The van der Waals surface area contributed by atoms with Crippen LogP contribution in [0.4, 0.5) is 8.78 Å². The number of carbonyl (C=O) groups is 1. The summed E-state index contributed by atoms with van der Waals surface area (Å²) in [4.78, 5) is 10.2. The molecule has 0 heterocycles. The molecule has 0 rings (SSSR count). The van der Waals surface area contributed by atoms with Crippen LogP contribution in [-0.4, -0.2) is 45.0 Å². The van der Waals surface area contributed by atoms with Gasteiger partial charge in [-0.05, 0) is 0 Å². The van der Waals surface area contributed by atoms with E-state index in [2.05, 4.69) is 4.74 Å². The topological polar surface area (TPSA) is 92.7 Å². The van der Waals surface area contributed by atoms with Crippen molar-refractivity contribution >= 4 is 16.0 Å². The van der Waals surface area contributed by atoms with Crippen molar-refractivity contribution in [2.75, 3.05) is 13.7 Å². The van der Waals surface area contributed by atoms with Crippen LogP contribution in [0.5, 0.6) is 0 Å². The largest absolute Gasteiger partial charge is 0.481 e. The second-order valence-electron chi connectivity index (χ2n) is 2.61. The van der Waals surface area contributed by atoms with Crippen molar-refractivity contribution in [3.8, 4) is 0 Å². The average molecular weight is 247 g/mol. The number of alkyl halides is 2. The van der Waals surface area contributed by atoms with Crippen LogP contribution in [0.3, 0.4) is 0 Å². The molecule has 0 saturated heterocycles. The monoisotopic (exact) mass is 247 g/mol. The molecule has 0 amide bonds. The highest BCUT2D eigenvalue weighted by Gasteiger charge is 2.25. The van der Waals surface area contributed by atoms with Gasteiger partial charge in [0, 0.05) is 13.7 Å². The molecule has 0 aromatic carbocycles. The maximum absolute atomic E-state index is 11.8. The Labute approximate surface area is 85.3 Å². The number of hydrogen-bond acceptors (Lipinski definition) is 4. The normalized spacial score (nSPS) is 14.1. The highest BCUT2D eigenvalue weighted by atomic mass is 32.2. The number of hydrogen-bond donors (Lipinski definition) is 2. The standard InChI is InChI=1S/C6H11F2NO5S/c1-14-4(2-5(10)11)3-9-15(12,13)6(7)8/h4,6,9H,2-3H2,1H3,(H,10,11). The van der Waals surface area contributed by atoms with E-state index in [1.54, 1.807) is 4.72 Å². The average Bonchev–Trinajstić information content (AvgIpc) is 2.11. The van der Waals surface area contributed by atoms with Crippen LogP contribution in [0.25, 0.3) is 0 Å². The van der Waals surface area contributed by atoms with Crippen LogP contribution < -0.4 is 4.72 Å². The van der Waals surface area contributed by atoms with E-state index in [0.29, 0.717) is 0 Å². The van der Waals surface area contributed by atoms with Crippen molar-refractivity contribution in [1.82, 2.24) is 4.72 Å². The molecule has 15 heavy (non-hydrogen) atoms. The summed E-state index contributed by atoms with van der Waals surface area (Å²) in [6.45, 7) is -0.504. The van der Waals surface area contributed by atoms with Gasteiger partial charge in [-0.2, -0.15) is 8.78 Å². The molecule has 0 aliphatic rings.